The first-order chi connectivity index (χ1) is 8.68. The van der Waals surface area contributed by atoms with Gasteiger partial charge in [-0.25, -0.2) is 0 Å². The molecule has 2 heterocycles. The van der Waals surface area contributed by atoms with Gasteiger partial charge in [-0.1, -0.05) is 35.5 Å². The van der Waals surface area contributed by atoms with E-state index in [-0.39, 0.29) is 5.41 Å². The highest BCUT2D eigenvalue weighted by molar-refractivity contribution is 5.30. The van der Waals surface area contributed by atoms with Crippen molar-refractivity contribution in [2.24, 2.45) is 0 Å². The molecule has 0 amide bonds. The number of aromatic nitrogens is 2. The number of nitrogens with one attached hydrogen (secondary N) is 1. The van der Waals surface area contributed by atoms with E-state index in [1.807, 2.05) is 18.2 Å². The molecule has 0 saturated carbocycles. The highest BCUT2D eigenvalue weighted by Gasteiger charge is 2.31. The minimum absolute atomic E-state index is 0.222. The van der Waals surface area contributed by atoms with Gasteiger partial charge in [0, 0.05) is 13.1 Å². The lowest BCUT2D eigenvalue weighted by Crippen LogP contribution is -2.40. The van der Waals surface area contributed by atoms with Crippen LogP contribution < -0.4 is 5.32 Å². The van der Waals surface area contributed by atoms with Crippen LogP contribution in [0.15, 0.2) is 34.9 Å². The molecule has 4 heteroatoms. The molecule has 18 heavy (non-hydrogen) atoms. The standard InChI is InChI=1S/C14H17N3O/c1-14(2,11-6-4-3-5-7-11)13-16-12(18-17-13)10-8-15-9-10/h3-7,10,15H,8-9H2,1-2H3. The summed E-state index contributed by atoms with van der Waals surface area (Å²) in [5, 5.41) is 7.36. The number of hydrogen-bond donors (Lipinski definition) is 1. The fourth-order valence-corrected chi connectivity index (χ4v) is 2.10. The average Bonchev–Trinajstić information content (AvgIpc) is 2.78. The van der Waals surface area contributed by atoms with E-state index in [0.29, 0.717) is 5.92 Å². The van der Waals surface area contributed by atoms with E-state index in [1.54, 1.807) is 0 Å². The summed E-state index contributed by atoms with van der Waals surface area (Å²) in [4.78, 5) is 4.56. The minimum atomic E-state index is -0.222. The van der Waals surface area contributed by atoms with E-state index in [1.165, 1.54) is 5.56 Å². The van der Waals surface area contributed by atoms with Crippen LogP contribution in [0.1, 0.15) is 37.0 Å². The SMILES string of the molecule is CC(C)(c1ccccc1)c1noc(C2CNC2)n1. The van der Waals surface area contributed by atoms with E-state index in [2.05, 4.69) is 41.4 Å². The molecule has 0 radical (unpaired) electrons. The summed E-state index contributed by atoms with van der Waals surface area (Å²) in [5.74, 6) is 1.90. The Hall–Kier alpha value is -1.68. The molecule has 0 atom stereocenters. The third kappa shape index (κ3) is 1.82. The van der Waals surface area contributed by atoms with Crippen LogP contribution in [0.2, 0.25) is 0 Å². The molecule has 94 valence electrons. The zero-order valence-electron chi connectivity index (χ0n) is 10.7. The van der Waals surface area contributed by atoms with E-state index in [4.69, 9.17) is 4.52 Å². The van der Waals surface area contributed by atoms with E-state index in [9.17, 15) is 0 Å². The molecule has 0 bridgehead atoms. The van der Waals surface area contributed by atoms with Crippen molar-refractivity contribution in [3.05, 3.63) is 47.6 Å². The van der Waals surface area contributed by atoms with E-state index < -0.39 is 0 Å². The Morgan fingerprint density at radius 1 is 1.22 bits per heavy atom. The first-order valence-corrected chi connectivity index (χ1v) is 6.28. The van der Waals surface area contributed by atoms with Crippen LogP contribution >= 0.6 is 0 Å². The second-order valence-electron chi connectivity index (χ2n) is 5.30. The highest BCUT2D eigenvalue weighted by atomic mass is 16.5. The Bertz CT molecular complexity index is 529. The van der Waals surface area contributed by atoms with Crippen molar-refractivity contribution in [1.29, 1.82) is 0 Å². The van der Waals surface area contributed by atoms with Crippen LogP contribution in [0.25, 0.3) is 0 Å². The Balaban J connectivity index is 1.91. The second kappa shape index (κ2) is 4.21. The third-order valence-corrected chi connectivity index (χ3v) is 3.63. The molecule has 1 aliphatic heterocycles. The molecule has 1 aliphatic rings. The zero-order valence-corrected chi connectivity index (χ0v) is 10.7. The molecule has 0 spiro atoms. The van der Waals surface area contributed by atoms with Gasteiger partial charge in [-0.2, -0.15) is 4.98 Å². The number of hydrogen-bond acceptors (Lipinski definition) is 4. The molecular formula is C14H17N3O. The molecular weight excluding hydrogens is 226 g/mol. The van der Waals surface area contributed by atoms with Crippen molar-refractivity contribution >= 4 is 0 Å². The molecule has 0 aliphatic carbocycles. The largest absolute Gasteiger partial charge is 0.339 e. The number of rotatable bonds is 3. The van der Waals surface area contributed by atoms with Crippen LogP contribution in [-0.4, -0.2) is 23.2 Å². The molecule has 1 aromatic carbocycles. The Morgan fingerprint density at radius 2 is 1.94 bits per heavy atom. The molecule has 1 fully saturated rings. The fourth-order valence-electron chi connectivity index (χ4n) is 2.10. The van der Waals surface area contributed by atoms with Crippen LogP contribution in [0, 0.1) is 0 Å². The molecule has 1 N–H and O–H groups in total. The van der Waals surface area contributed by atoms with Gasteiger partial charge in [-0.15, -0.1) is 0 Å². The second-order valence-corrected chi connectivity index (χ2v) is 5.30. The molecule has 0 unspecified atom stereocenters. The van der Waals surface area contributed by atoms with Gasteiger partial charge in [0.2, 0.25) is 5.89 Å². The van der Waals surface area contributed by atoms with E-state index >= 15 is 0 Å². The van der Waals surface area contributed by atoms with Crippen molar-refractivity contribution in [3.63, 3.8) is 0 Å². The summed E-state index contributed by atoms with van der Waals surface area (Å²) in [6, 6.07) is 10.3. The maximum Gasteiger partial charge on any atom is 0.232 e. The van der Waals surface area contributed by atoms with Gasteiger partial charge in [0.05, 0.1) is 11.3 Å². The van der Waals surface area contributed by atoms with Gasteiger partial charge in [0.25, 0.3) is 0 Å². The van der Waals surface area contributed by atoms with Gasteiger partial charge in [0.1, 0.15) is 0 Å². The summed E-state index contributed by atoms with van der Waals surface area (Å²) < 4.78 is 5.38. The topological polar surface area (TPSA) is 51.0 Å². The van der Waals surface area contributed by atoms with Crippen molar-refractivity contribution in [2.45, 2.75) is 25.2 Å². The van der Waals surface area contributed by atoms with Gasteiger partial charge >= 0.3 is 0 Å². The quantitative estimate of drug-likeness (QED) is 0.896. The van der Waals surface area contributed by atoms with Crippen LogP contribution in [0.3, 0.4) is 0 Å². The maximum absolute atomic E-state index is 5.38. The van der Waals surface area contributed by atoms with Crippen molar-refractivity contribution in [2.75, 3.05) is 13.1 Å². The van der Waals surface area contributed by atoms with Crippen molar-refractivity contribution in [3.8, 4) is 0 Å². The average molecular weight is 243 g/mol. The van der Waals surface area contributed by atoms with Gasteiger partial charge in [-0.3, -0.25) is 0 Å². The summed E-state index contributed by atoms with van der Waals surface area (Å²) in [7, 11) is 0. The first-order valence-electron chi connectivity index (χ1n) is 6.28. The number of nitrogens with zero attached hydrogens (tertiary/aromatic N) is 2. The highest BCUT2D eigenvalue weighted by Crippen LogP contribution is 2.30. The van der Waals surface area contributed by atoms with Crippen LogP contribution in [0.4, 0.5) is 0 Å². The van der Waals surface area contributed by atoms with Crippen LogP contribution in [-0.2, 0) is 5.41 Å². The van der Waals surface area contributed by atoms with Gasteiger partial charge in [0.15, 0.2) is 5.82 Å². The lowest BCUT2D eigenvalue weighted by Gasteiger charge is -2.23. The minimum Gasteiger partial charge on any atom is -0.339 e. The maximum atomic E-state index is 5.38. The number of benzene rings is 1. The molecule has 3 rings (SSSR count). The normalized spacial score (nSPS) is 16.6. The molecule has 2 aromatic rings. The predicted molar refractivity (Wildman–Crippen MR) is 68.5 cm³/mol. The summed E-state index contributed by atoms with van der Waals surface area (Å²) >= 11 is 0. The summed E-state index contributed by atoms with van der Waals surface area (Å²) in [5.41, 5.74) is 0.976. The fraction of sp³-hybridized carbons (Fsp3) is 0.429. The first kappa shape index (κ1) is 11.4. The monoisotopic (exact) mass is 243 g/mol. The summed E-state index contributed by atoms with van der Waals surface area (Å²) in [6.45, 7) is 6.12. The lowest BCUT2D eigenvalue weighted by molar-refractivity contribution is 0.304. The van der Waals surface area contributed by atoms with Gasteiger partial charge < -0.3 is 9.84 Å². The summed E-state index contributed by atoms with van der Waals surface area (Å²) in [6.07, 6.45) is 0. The predicted octanol–water partition coefficient (Wildman–Crippen LogP) is 2.08. The smallest absolute Gasteiger partial charge is 0.232 e. The van der Waals surface area contributed by atoms with Crippen molar-refractivity contribution < 1.29 is 4.52 Å². The van der Waals surface area contributed by atoms with Crippen molar-refractivity contribution in [1.82, 2.24) is 15.5 Å². The Kier molecular flexibility index (Phi) is 2.67. The Labute approximate surface area is 106 Å². The lowest BCUT2D eigenvalue weighted by atomic mass is 9.84. The van der Waals surface area contributed by atoms with E-state index in [0.717, 1.165) is 24.8 Å². The Morgan fingerprint density at radius 3 is 2.56 bits per heavy atom. The van der Waals surface area contributed by atoms with Gasteiger partial charge in [-0.05, 0) is 19.4 Å². The molecule has 1 aromatic heterocycles. The molecule has 1 saturated heterocycles. The zero-order chi connectivity index (χ0) is 12.6. The molecule has 4 nitrogen and oxygen atoms in total. The third-order valence-electron chi connectivity index (χ3n) is 3.63. The van der Waals surface area contributed by atoms with Crippen LogP contribution in [0.5, 0.6) is 0 Å².